The van der Waals surface area contributed by atoms with Crippen LogP contribution in [0.2, 0.25) is 0 Å². The summed E-state index contributed by atoms with van der Waals surface area (Å²) in [6, 6.07) is 0. The van der Waals surface area contributed by atoms with Crippen LogP contribution in [0.25, 0.3) is 0 Å². The van der Waals surface area contributed by atoms with Crippen molar-refractivity contribution in [2.45, 2.75) is 31.3 Å². The maximum absolute atomic E-state index is 11.7. The topological polar surface area (TPSA) is 74.5 Å². The molecule has 0 amide bonds. The Morgan fingerprint density at radius 2 is 2.24 bits per heavy atom. The minimum atomic E-state index is -0.397. The molecule has 0 aliphatic carbocycles. The van der Waals surface area contributed by atoms with E-state index in [0.717, 1.165) is 19.4 Å². The Hall–Kier alpha value is -1.27. The first-order valence-corrected chi connectivity index (χ1v) is 5.90. The number of aromatic nitrogens is 2. The fourth-order valence-electron chi connectivity index (χ4n) is 2.15. The third kappa shape index (κ3) is 2.10. The van der Waals surface area contributed by atoms with E-state index in [1.807, 2.05) is 0 Å². The van der Waals surface area contributed by atoms with Gasteiger partial charge in [0.15, 0.2) is 0 Å². The van der Waals surface area contributed by atoms with Crippen LogP contribution in [-0.4, -0.2) is 35.7 Å². The second kappa shape index (κ2) is 4.54. The van der Waals surface area contributed by atoms with E-state index in [0.29, 0.717) is 31.3 Å². The summed E-state index contributed by atoms with van der Waals surface area (Å²) in [5.74, 6) is 0.626. The highest BCUT2D eigenvalue weighted by Gasteiger charge is 2.31. The molecule has 6 nitrogen and oxygen atoms in total. The van der Waals surface area contributed by atoms with E-state index in [2.05, 4.69) is 10.1 Å². The molecular weight excluding hydrogens is 224 g/mol. The lowest BCUT2D eigenvalue weighted by atomic mass is 10.0. The molecule has 1 aromatic rings. The zero-order chi connectivity index (χ0) is 11.7. The molecule has 92 valence electrons. The monoisotopic (exact) mass is 238 g/mol. The van der Waals surface area contributed by atoms with Gasteiger partial charge in [0.1, 0.15) is 17.8 Å². The maximum Gasteiger partial charge on any atom is 0.239 e. The van der Waals surface area contributed by atoms with Gasteiger partial charge in [-0.2, -0.15) is 4.98 Å². The van der Waals surface area contributed by atoms with Gasteiger partial charge in [0.05, 0.1) is 13.2 Å². The first kappa shape index (κ1) is 10.9. The molecule has 2 unspecified atom stereocenters. The SMILES string of the molecule is O=C1CCOCC1c1nc(C2CCCO2)no1. The summed E-state index contributed by atoms with van der Waals surface area (Å²) in [7, 11) is 0. The van der Waals surface area contributed by atoms with Crippen LogP contribution >= 0.6 is 0 Å². The van der Waals surface area contributed by atoms with Crippen molar-refractivity contribution in [2.24, 2.45) is 0 Å². The molecule has 0 saturated carbocycles. The summed E-state index contributed by atoms with van der Waals surface area (Å²) < 4.78 is 15.9. The zero-order valence-corrected chi connectivity index (χ0v) is 9.42. The number of rotatable bonds is 2. The van der Waals surface area contributed by atoms with Crippen LogP contribution < -0.4 is 0 Å². The largest absolute Gasteiger partial charge is 0.380 e. The number of hydrogen-bond donors (Lipinski definition) is 0. The van der Waals surface area contributed by atoms with Crippen molar-refractivity contribution in [2.75, 3.05) is 19.8 Å². The number of Topliss-reactive ketones (excluding diaryl/α,β-unsaturated/α-hetero) is 1. The number of ketones is 1. The summed E-state index contributed by atoms with van der Waals surface area (Å²) >= 11 is 0. The van der Waals surface area contributed by atoms with Gasteiger partial charge in [-0.1, -0.05) is 5.16 Å². The molecule has 1 aromatic heterocycles. The Balaban J connectivity index is 1.76. The average Bonchev–Trinajstić information content (AvgIpc) is 3.00. The van der Waals surface area contributed by atoms with E-state index in [1.54, 1.807) is 0 Å². The van der Waals surface area contributed by atoms with Gasteiger partial charge in [-0.25, -0.2) is 0 Å². The lowest BCUT2D eigenvalue weighted by molar-refractivity contribution is -0.127. The van der Waals surface area contributed by atoms with E-state index in [9.17, 15) is 4.79 Å². The van der Waals surface area contributed by atoms with Crippen LogP contribution in [-0.2, 0) is 14.3 Å². The van der Waals surface area contributed by atoms with Crippen molar-refractivity contribution >= 4 is 5.78 Å². The van der Waals surface area contributed by atoms with Crippen LogP contribution in [0, 0.1) is 0 Å². The molecule has 17 heavy (non-hydrogen) atoms. The first-order chi connectivity index (χ1) is 8.34. The van der Waals surface area contributed by atoms with E-state index in [-0.39, 0.29) is 11.9 Å². The molecule has 0 bridgehead atoms. The normalized spacial score (nSPS) is 29.8. The molecule has 2 aliphatic heterocycles. The summed E-state index contributed by atoms with van der Waals surface area (Å²) in [5, 5.41) is 3.89. The minimum absolute atomic E-state index is 0.0767. The molecular formula is C11H14N2O4. The van der Waals surface area contributed by atoms with Crippen LogP contribution in [0.15, 0.2) is 4.52 Å². The van der Waals surface area contributed by atoms with Gasteiger partial charge in [0, 0.05) is 13.0 Å². The van der Waals surface area contributed by atoms with Gasteiger partial charge >= 0.3 is 0 Å². The lowest BCUT2D eigenvalue weighted by Gasteiger charge is -2.17. The van der Waals surface area contributed by atoms with Crippen LogP contribution in [0.3, 0.4) is 0 Å². The zero-order valence-electron chi connectivity index (χ0n) is 9.42. The van der Waals surface area contributed by atoms with Gasteiger partial charge in [0.2, 0.25) is 11.7 Å². The predicted molar refractivity (Wildman–Crippen MR) is 55.4 cm³/mol. The Morgan fingerprint density at radius 1 is 1.29 bits per heavy atom. The molecule has 3 heterocycles. The van der Waals surface area contributed by atoms with Crippen LogP contribution in [0.4, 0.5) is 0 Å². The molecule has 2 aliphatic rings. The van der Waals surface area contributed by atoms with Gasteiger partial charge in [0.25, 0.3) is 0 Å². The fraction of sp³-hybridized carbons (Fsp3) is 0.727. The van der Waals surface area contributed by atoms with Crippen molar-refractivity contribution in [1.82, 2.24) is 10.1 Å². The second-order valence-electron chi connectivity index (χ2n) is 4.34. The molecule has 6 heteroatoms. The predicted octanol–water partition coefficient (Wildman–Crippen LogP) is 0.994. The van der Waals surface area contributed by atoms with Crippen molar-refractivity contribution in [1.29, 1.82) is 0 Å². The number of hydrogen-bond acceptors (Lipinski definition) is 6. The standard InChI is InChI=1S/C11H14N2O4/c14-8-3-5-15-6-7(8)11-12-10(13-17-11)9-2-1-4-16-9/h7,9H,1-6H2. The molecule has 0 radical (unpaired) electrons. The van der Waals surface area contributed by atoms with E-state index >= 15 is 0 Å². The van der Waals surface area contributed by atoms with Crippen molar-refractivity contribution in [3.05, 3.63) is 11.7 Å². The van der Waals surface area contributed by atoms with Crippen LogP contribution in [0.5, 0.6) is 0 Å². The Bertz CT molecular complexity index is 411. The third-order valence-corrected chi connectivity index (χ3v) is 3.14. The van der Waals surface area contributed by atoms with Gasteiger partial charge in [-0.05, 0) is 12.8 Å². The van der Waals surface area contributed by atoms with Gasteiger partial charge in [-0.15, -0.1) is 0 Å². The van der Waals surface area contributed by atoms with Crippen molar-refractivity contribution in [3.8, 4) is 0 Å². The highest BCUT2D eigenvalue weighted by Crippen LogP contribution is 2.28. The molecule has 2 saturated heterocycles. The number of carbonyl (C=O) groups is 1. The molecule has 3 rings (SSSR count). The van der Waals surface area contributed by atoms with Crippen LogP contribution in [0.1, 0.15) is 43.0 Å². The molecule has 0 N–H and O–H groups in total. The summed E-state index contributed by atoms with van der Waals surface area (Å²) in [6.45, 7) is 1.56. The fourth-order valence-corrected chi connectivity index (χ4v) is 2.15. The Kier molecular flexibility index (Phi) is 2.90. The third-order valence-electron chi connectivity index (χ3n) is 3.14. The first-order valence-electron chi connectivity index (χ1n) is 5.90. The molecule has 2 atom stereocenters. The Labute approximate surface area is 98.3 Å². The summed E-state index contributed by atoms with van der Waals surface area (Å²) in [5.41, 5.74) is 0. The quantitative estimate of drug-likeness (QED) is 0.765. The molecule has 0 aromatic carbocycles. The summed E-state index contributed by atoms with van der Waals surface area (Å²) in [4.78, 5) is 15.9. The van der Waals surface area contributed by atoms with E-state index < -0.39 is 5.92 Å². The summed E-state index contributed by atoms with van der Waals surface area (Å²) in [6.07, 6.45) is 2.27. The van der Waals surface area contributed by atoms with Crippen molar-refractivity contribution < 1.29 is 18.8 Å². The lowest BCUT2D eigenvalue weighted by Crippen LogP contribution is -2.25. The van der Waals surface area contributed by atoms with Gasteiger partial charge < -0.3 is 14.0 Å². The maximum atomic E-state index is 11.7. The average molecular weight is 238 g/mol. The highest BCUT2D eigenvalue weighted by molar-refractivity contribution is 5.85. The highest BCUT2D eigenvalue weighted by atomic mass is 16.5. The minimum Gasteiger partial charge on any atom is -0.380 e. The van der Waals surface area contributed by atoms with E-state index in [1.165, 1.54) is 0 Å². The number of carbonyl (C=O) groups excluding carboxylic acids is 1. The Morgan fingerprint density at radius 3 is 3.00 bits per heavy atom. The van der Waals surface area contributed by atoms with E-state index in [4.69, 9.17) is 14.0 Å². The van der Waals surface area contributed by atoms with Gasteiger partial charge in [-0.3, -0.25) is 4.79 Å². The second-order valence-corrected chi connectivity index (χ2v) is 4.34. The number of ether oxygens (including phenoxy) is 2. The van der Waals surface area contributed by atoms with Crippen molar-refractivity contribution in [3.63, 3.8) is 0 Å². The molecule has 0 spiro atoms. The smallest absolute Gasteiger partial charge is 0.239 e. The molecule has 2 fully saturated rings. The number of nitrogens with zero attached hydrogens (tertiary/aromatic N) is 2.